The Morgan fingerprint density at radius 2 is 1.74 bits per heavy atom. The number of likely N-dealkylation sites (tertiary alicyclic amines) is 1. The molecule has 2 heterocycles. The van der Waals surface area contributed by atoms with E-state index in [1.165, 1.54) is 11.1 Å². The third kappa shape index (κ3) is 3.81. The summed E-state index contributed by atoms with van der Waals surface area (Å²) in [7, 11) is 0. The van der Waals surface area contributed by atoms with E-state index in [1.807, 2.05) is 30.3 Å². The van der Waals surface area contributed by atoms with Gasteiger partial charge in [-0.2, -0.15) is 0 Å². The molecule has 27 heavy (non-hydrogen) atoms. The Bertz CT molecular complexity index is 872. The van der Waals surface area contributed by atoms with Crippen LogP contribution in [0.5, 0.6) is 0 Å². The number of rotatable bonds is 5. The molecule has 138 valence electrons. The number of hydrogen-bond donors (Lipinski definition) is 1. The topological polar surface area (TPSA) is 53.7 Å². The first-order valence-electron chi connectivity index (χ1n) is 9.38. The first-order chi connectivity index (χ1) is 13.2. The molecular weight excluding hydrogens is 338 g/mol. The second-order valence-electron chi connectivity index (χ2n) is 7.08. The molecule has 4 nitrogen and oxygen atoms in total. The Morgan fingerprint density at radius 3 is 2.41 bits per heavy atom. The van der Waals surface area contributed by atoms with Crippen LogP contribution >= 0.6 is 0 Å². The highest BCUT2D eigenvalue weighted by Crippen LogP contribution is 2.34. The van der Waals surface area contributed by atoms with Gasteiger partial charge in [-0.25, -0.2) is 0 Å². The average Bonchev–Trinajstić information content (AvgIpc) is 3.24. The molecule has 0 bridgehead atoms. The number of benzene rings is 2. The molecule has 1 N–H and O–H groups in total. The van der Waals surface area contributed by atoms with Crippen molar-refractivity contribution in [3.8, 4) is 11.1 Å². The second-order valence-corrected chi connectivity index (χ2v) is 7.08. The summed E-state index contributed by atoms with van der Waals surface area (Å²) < 4.78 is 5.72. The maximum absolute atomic E-state index is 11.5. The second kappa shape index (κ2) is 7.80. The van der Waals surface area contributed by atoms with E-state index in [0.717, 1.165) is 30.7 Å². The molecule has 1 fully saturated rings. The van der Waals surface area contributed by atoms with Gasteiger partial charge in [-0.05, 0) is 48.2 Å². The van der Waals surface area contributed by atoms with Crippen LogP contribution in [0.15, 0.2) is 77.4 Å². The molecule has 0 spiro atoms. The quantitative estimate of drug-likeness (QED) is 0.707. The third-order valence-electron chi connectivity index (χ3n) is 5.31. The molecule has 4 rings (SSSR count). The van der Waals surface area contributed by atoms with Crippen LogP contribution in [0, 0.1) is 5.92 Å². The van der Waals surface area contributed by atoms with Gasteiger partial charge in [0.1, 0.15) is 5.76 Å². The maximum atomic E-state index is 11.5. The molecule has 0 aliphatic carbocycles. The van der Waals surface area contributed by atoms with E-state index in [4.69, 9.17) is 4.42 Å². The molecule has 1 aromatic heterocycles. The molecule has 2 aromatic carbocycles. The van der Waals surface area contributed by atoms with Gasteiger partial charge in [0.05, 0.1) is 18.2 Å². The standard InChI is InChI=1S/C23H23NO3/c25-23(26)20-8-4-14-24(16-20)22(21-9-5-15-27-21)19-12-10-18(11-13-19)17-6-2-1-3-7-17/h1-3,5-7,9-13,15,20,22H,4,8,14,16H2,(H,25,26). The van der Waals surface area contributed by atoms with Crippen molar-refractivity contribution in [3.63, 3.8) is 0 Å². The predicted octanol–water partition coefficient (Wildman–Crippen LogP) is 4.83. The zero-order valence-corrected chi connectivity index (χ0v) is 15.1. The predicted molar refractivity (Wildman–Crippen MR) is 104 cm³/mol. The summed E-state index contributed by atoms with van der Waals surface area (Å²) in [5.41, 5.74) is 3.47. The van der Waals surface area contributed by atoms with Crippen LogP contribution in [-0.4, -0.2) is 29.1 Å². The summed E-state index contributed by atoms with van der Waals surface area (Å²) in [6.45, 7) is 1.41. The van der Waals surface area contributed by atoms with E-state index in [0.29, 0.717) is 6.54 Å². The molecule has 0 saturated carbocycles. The Kier molecular flexibility index (Phi) is 5.07. The van der Waals surface area contributed by atoms with Gasteiger partial charge in [-0.15, -0.1) is 0 Å². The minimum absolute atomic E-state index is 0.0630. The highest BCUT2D eigenvalue weighted by atomic mass is 16.4. The highest BCUT2D eigenvalue weighted by Gasteiger charge is 2.32. The van der Waals surface area contributed by atoms with E-state index < -0.39 is 5.97 Å². The van der Waals surface area contributed by atoms with E-state index in [2.05, 4.69) is 41.3 Å². The Balaban J connectivity index is 1.64. The van der Waals surface area contributed by atoms with Crippen LogP contribution in [0.3, 0.4) is 0 Å². The van der Waals surface area contributed by atoms with Crippen LogP contribution in [0.1, 0.15) is 30.2 Å². The Morgan fingerprint density at radius 1 is 1.00 bits per heavy atom. The van der Waals surface area contributed by atoms with E-state index >= 15 is 0 Å². The van der Waals surface area contributed by atoms with Crippen molar-refractivity contribution >= 4 is 5.97 Å². The molecule has 2 atom stereocenters. The minimum Gasteiger partial charge on any atom is -0.481 e. The Hall–Kier alpha value is -2.85. The average molecular weight is 361 g/mol. The van der Waals surface area contributed by atoms with E-state index in [9.17, 15) is 9.90 Å². The van der Waals surface area contributed by atoms with Crippen molar-refractivity contribution < 1.29 is 14.3 Å². The zero-order valence-electron chi connectivity index (χ0n) is 15.1. The van der Waals surface area contributed by atoms with Gasteiger partial charge < -0.3 is 9.52 Å². The number of nitrogens with zero attached hydrogens (tertiary/aromatic N) is 1. The lowest BCUT2D eigenvalue weighted by atomic mass is 9.93. The van der Waals surface area contributed by atoms with Crippen molar-refractivity contribution in [2.75, 3.05) is 13.1 Å². The van der Waals surface area contributed by atoms with Gasteiger partial charge in [0.25, 0.3) is 0 Å². The normalized spacial score (nSPS) is 18.9. The van der Waals surface area contributed by atoms with Crippen LogP contribution in [0.4, 0.5) is 0 Å². The van der Waals surface area contributed by atoms with E-state index in [-0.39, 0.29) is 12.0 Å². The number of piperidine rings is 1. The lowest BCUT2D eigenvalue weighted by Gasteiger charge is -2.36. The lowest BCUT2D eigenvalue weighted by molar-refractivity contribution is -0.143. The van der Waals surface area contributed by atoms with Crippen molar-refractivity contribution in [3.05, 3.63) is 84.3 Å². The maximum Gasteiger partial charge on any atom is 0.307 e. The van der Waals surface area contributed by atoms with Crippen molar-refractivity contribution in [1.82, 2.24) is 4.90 Å². The van der Waals surface area contributed by atoms with Crippen molar-refractivity contribution in [1.29, 1.82) is 0 Å². The van der Waals surface area contributed by atoms with Crippen LogP contribution in [0.25, 0.3) is 11.1 Å². The molecule has 1 aliphatic heterocycles. The summed E-state index contributed by atoms with van der Waals surface area (Å²) in [5.74, 6) is -0.175. The molecule has 0 amide bonds. The van der Waals surface area contributed by atoms with Crippen molar-refractivity contribution in [2.24, 2.45) is 5.92 Å². The van der Waals surface area contributed by atoms with Crippen LogP contribution in [-0.2, 0) is 4.79 Å². The number of aliphatic carboxylic acids is 1. The van der Waals surface area contributed by atoms with Gasteiger partial charge in [-0.1, -0.05) is 54.6 Å². The number of furan rings is 1. The SMILES string of the molecule is O=C(O)C1CCCN(C(c2ccc(-c3ccccc3)cc2)c2ccco2)C1. The molecule has 4 heteroatoms. The van der Waals surface area contributed by atoms with E-state index in [1.54, 1.807) is 6.26 Å². The lowest BCUT2D eigenvalue weighted by Crippen LogP contribution is -2.41. The monoisotopic (exact) mass is 361 g/mol. The van der Waals surface area contributed by atoms with Crippen molar-refractivity contribution in [2.45, 2.75) is 18.9 Å². The van der Waals surface area contributed by atoms with Gasteiger partial charge in [-0.3, -0.25) is 9.69 Å². The number of carboxylic acids is 1. The fourth-order valence-electron chi connectivity index (χ4n) is 3.93. The Labute approximate surface area is 159 Å². The number of carboxylic acid groups (broad SMARTS) is 1. The zero-order chi connectivity index (χ0) is 18.6. The fraction of sp³-hybridized carbons (Fsp3) is 0.261. The molecule has 2 unspecified atom stereocenters. The first kappa shape index (κ1) is 17.6. The number of carbonyl (C=O) groups is 1. The van der Waals surface area contributed by atoms with Gasteiger partial charge >= 0.3 is 5.97 Å². The third-order valence-corrected chi connectivity index (χ3v) is 5.31. The first-order valence-corrected chi connectivity index (χ1v) is 9.38. The summed E-state index contributed by atoms with van der Waals surface area (Å²) >= 11 is 0. The largest absolute Gasteiger partial charge is 0.481 e. The molecule has 1 aliphatic rings. The molecule has 0 radical (unpaired) electrons. The fourth-order valence-corrected chi connectivity index (χ4v) is 3.93. The van der Waals surface area contributed by atoms with Gasteiger partial charge in [0.2, 0.25) is 0 Å². The summed E-state index contributed by atoms with van der Waals surface area (Å²) in [6.07, 6.45) is 3.30. The summed E-state index contributed by atoms with van der Waals surface area (Å²) in [6, 6.07) is 22.6. The minimum atomic E-state index is -0.711. The molecule has 1 saturated heterocycles. The summed E-state index contributed by atoms with van der Waals surface area (Å²) in [4.78, 5) is 13.7. The highest BCUT2D eigenvalue weighted by molar-refractivity contribution is 5.70. The van der Waals surface area contributed by atoms with Gasteiger partial charge in [0, 0.05) is 6.54 Å². The van der Waals surface area contributed by atoms with Crippen LogP contribution in [0.2, 0.25) is 0 Å². The smallest absolute Gasteiger partial charge is 0.307 e. The summed E-state index contributed by atoms with van der Waals surface area (Å²) in [5, 5.41) is 9.45. The van der Waals surface area contributed by atoms with Gasteiger partial charge in [0.15, 0.2) is 0 Å². The molecular formula is C23H23NO3. The molecule has 3 aromatic rings. The number of hydrogen-bond acceptors (Lipinski definition) is 3. The van der Waals surface area contributed by atoms with Crippen LogP contribution < -0.4 is 0 Å².